The average molecular weight is 604 g/mol. The van der Waals surface area contributed by atoms with Crippen LogP contribution in [-0.4, -0.2) is 39.8 Å². The number of hydrogen-bond acceptors (Lipinski definition) is 5. The molecule has 13 heteroatoms. The summed E-state index contributed by atoms with van der Waals surface area (Å²) in [5, 5.41) is 0. The molecule has 0 aliphatic heterocycles. The van der Waals surface area contributed by atoms with Crippen LogP contribution in [0.5, 0.6) is 11.5 Å². The molecule has 0 fully saturated rings. The maximum absolute atomic E-state index is 13.6. The third kappa shape index (κ3) is 7.72. The Hall–Kier alpha value is -3.74. The van der Waals surface area contributed by atoms with Gasteiger partial charge in [0.05, 0.1) is 23.1 Å². The van der Waals surface area contributed by atoms with Crippen molar-refractivity contribution < 1.29 is 49.0 Å². The molecule has 0 atom stereocenters. The third-order valence-corrected chi connectivity index (χ3v) is 7.23. The van der Waals surface area contributed by atoms with Crippen molar-refractivity contribution in [1.29, 1.82) is 0 Å². The Balaban J connectivity index is 2.04. The van der Waals surface area contributed by atoms with Crippen LogP contribution >= 0.6 is 0 Å². The largest absolute Gasteiger partial charge is 0.496 e. The quantitative estimate of drug-likeness (QED) is 0.261. The van der Waals surface area contributed by atoms with Crippen molar-refractivity contribution in [3.05, 3.63) is 76.9 Å². The summed E-state index contributed by atoms with van der Waals surface area (Å²) in [4.78, 5) is 13.2. The minimum atomic E-state index is -4.87. The van der Waals surface area contributed by atoms with Crippen molar-refractivity contribution in [2.75, 3.05) is 20.4 Å². The zero-order valence-corrected chi connectivity index (χ0v) is 23.5. The standard InChI is InChI=1S/C28H27F6NO5S/c1-16(2)18-6-9-24(39-4)23(12-18)22-8-7-19(27(29,30)31)14-25(22)40-26(36)35(3)15-17-10-20(28(32,33)34)13-21(11-17)41(5,37)38/h6-14,16H,15H2,1-5H3. The molecular weight excluding hydrogens is 576 g/mol. The zero-order chi connectivity index (χ0) is 30.9. The van der Waals surface area contributed by atoms with Crippen molar-refractivity contribution in [1.82, 2.24) is 4.90 Å². The lowest BCUT2D eigenvalue weighted by Gasteiger charge is -2.21. The number of nitrogens with zero attached hydrogens (tertiary/aromatic N) is 1. The molecule has 0 saturated carbocycles. The van der Waals surface area contributed by atoms with Gasteiger partial charge >= 0.3 is 18.4 Å². The van der Waals surface area contributed by atoms with Gasteiger partial charge < -0.3 is 14.4 Å². The highest BCUT2D eigenvalue weighted by Crippen LogP contribution is 2.42. The van der Waals surface area contributed by atoms with E-state index in [1.807, 2.05) is 13.8 Å². The van der Waals surface area contributed by atoms with Gasteiger partial charge in [0.15, 0.2) is 9.84 Å². The number of ether oxygens (including phenoxy) is 2. The first kappa shape index (κ1) is 31.8. The van der Waals surface area contributed by atoms with E-state index in [0.717, 1.165) is 42.0 Å². The van der Waals surface area contributed by atoms with E-state index in [-0.39, 0.29) is 17.0 Å². The second kappa shape index (κ2) is 11.6. The van der Waals surface area contributed by atoms with Crippen LogP contribution < -0.4 is 9.47 Å². The van der Waals surface area contributed by atoms with Crippen LogP contribution in [0.1, 0.15) is 42.0 Å². The highest BCUT2D eigenvalue weighted by atomic mass is 32.2. The van der Waals surface area contributed by atoms with E-state index in [9.17, 15) is 39.6 Å². The number of benzene rings is 3. The molecular formula is C28H27F6NO5S. The Kier molecular flexibility index (Phi) is 9.02. The summed E-state index contributed by atoms with van der Waals surface area (Å²) in [5.74, 6) is -0.107. The summed E-state index contributed by atoms with van der Waals surface area (Å²) in [7, 11) is -1.52. The minimum Gasteiger partial charge on any atom is -0.496 e. The monoisotopic (exact) mass is 603 g/mol. The Morgan fingerprint density at radius 2 is 1.49 bits per heavy atom. The van der Waals surface area contributed by atoms with Gasteiger partial charge in [0.2, 0.25) is 0 Å². The van der Waals surface area contributed by atoms with Crippen LogP contribution in [0.25, 0.3) is 11.1 Å². The Morgan fingerprint density at radius 3 is 2.02 bits per heavy atom. The van der Waals surface area contributed by atoms with Gasteiger partial charge in [0.1, 0.15) is 11.5 Å². The molecule has 3 aromatic carbocycles. The molecule has 0 spiro atoms. The third-order valence-electron chi connectivity index (χ3n) is 6.14. The molecule has 0 aromatic heterocycles. The molecule has 0 aliphatic rings. The van der Waals surface area contributed by atoms with E-state index in [1.165, 1.54) is 7.11 Å². The van der Waals surface area contributed by atoms with Gasteiger partial charge in [-0.2, -0.15) is 26.3 Å². The van der Waals surface area contributed by atoms with Gasteiger partial charge in [0.25, 0.3) is 0 Å². The van der Waals surface area contributed by atoms with Gasteiger partial charge in [-0.15, -0.1) is 0 Å². The van der Waals surface area contributed by atoms with Crippen LogP contribution in [-0.2, 0) is 28.7 Å². The minimum absolute atomic E-state index is 0.0514. The molecule has 0 aliphatic carbocycles. The lowest BCUT2D eigenvalue weighted by atomic mass is 9.95. The second-order valence-electron chi connectivity index (χ2n) is 9.68. The van der Waals surface area contributed by atoms with E-state index < -0.39 is 56.6 Å². The second-order valence-corrected chi connectivity index (χ2v) is 11.7. The van der Waals surface area contributed by atoms with Crippen LogP contribution in [0.3, 0.4) is 0 Å². The van der Waals surface area contributed by atoms with E-state index in [2.05, 4.69) is 0 Å². The van der Waals surface area contributed by atoms with E-state index in [0.29, 0.717) is 29.5 Å². The molecule has 0 unspecified atom stereocenters. The lowest BCUT2D eigenvalue weighted by molar-refractivity contribution is -0.138. The molecule has 0 N–H and O–H groups in total. The first-order valence-corrected chi connectivity index (χ1v) is 13.9. The fraction of sp³-hybridized carbons (Fsp3) is 0.321. The fourth-order valence-electron chi connectivity index (χ4n) is 3.94. The Labute approximate surface area is 233 Å². The van der Waals surface area contributed by atoms with Gasteiger partial charge in [0, 0.05) is 31.0 Å². The lowest BCUT2D eigenvalue weighted by Crippen LogP contribution is -2.29. The summed E-state index contributed by atoms with van der Waals surface area (Å²) in [6.07, 6.45) is -10.1. The molecule has 222 valence electrons. The number of alkyl halides is 6. The molecule has 3 rings (SSSR count). The number of hydrogen-bond donors (Lipinski definition) is 0. The number of carbonyl (C=O) groups is 1. The molecule has 6 nitrogen and oxygen atoms in total. The Bertz CT molecular complexity index is 1550. The number of sulfone groups is 1. The average Bonchev–Trinajstić information content (AvgIpc) is 2.86. The molecule has 41 heavy (non-hydrogen) atoms. The van der Waals surface area contributed by atoms with Gasteiger partial charge in [-0.25, -0.2) is 13.2 Å². The summed E-state index contributed by atoms with van der Waals surface area (Å²) in [5.41, 5.74) is -1.22. The van der Waals surface area contributed by atoms with Gasteiger partial charge in [-0.3, -0.25) is 0 Å². The van der Waals surface area contributed by atoms with E-state index in [4.69, 9.17) is 9.47 Å². The van der Waals surface area contributed by atoms with Crippen molar-refractivity contribution in [2.24, 2.45) is 0 Å². The summed E-state index contributed by atoms with van der Waals surface area (Å²) in [6.45, 7) is 3.29. The molecule has 0 heterocycles. The number of carbonyl (C=O) groups excluding carboxylic acids is 1. The summed E-state index contributed by atoms with van der Waals surface area (Å²) < 4.78 is 115. The first-order chi connectivity index (χ1) is 18.8. The number of amides is 1. The normalized spacial score (nSPS) is 12.4. The number of halogens is 6. The highest BCUT2D eigenvalue weighted by Gasteiger charge is 2.34. The van der Waals surface area contributed by atoms with Crippen molar-refractivity contribution in [3.63, 3.8) is 0 Å². The number of rotatable bonds is 7. The maximum atomic E-state index is 13.6. The predicted octanol–water partition coefficient (Wildman–Crippen LogP) is 7.56. The van der Waals surface area contributed by atoms with Crippen LogP contribution in [0.15, 0.2) is 59.5 Å². The highest BCUT2D eigenvalue weighted by molar-refractivity contribution is 7.90. The van der Waals surface area contributed by atoms with Crippen LogP contribution in [0, 0.1) is 0 Å². The molecule has 3 aromatic rings. The molecule has 1 amide bonds. The summed E-state index contributed by atoms with van der Waals surface area (Å²) >= 11 is 0. The van der Waals surface area contributed by atoms with Crippen LogP contribution in [0.4, 0.5) is 31.1 Å². The van der Waals surface area contributed by atoms with E-state index >= 15 is 0 Å². The van der Waals surface area contributed by atoms with Crippen molar-refractivity contribution in [3.8, 4) is 22.6 Å². The smallest absolute Gasteiger partial charge is 0.416 e. The number of methoxy groups -OCH3 is 1. The zero-order valence-electron chi connectivity index (χ0n) is 22.6. The molecule has 0 bridgehead atoms. The van der Waals surface area contributed by atoms with Crippen LogP contribution in [0.2, 0.25) is 0 Å². The first-order valence-electron chi connectivity index (χ1n) is 12.0. The van der Waals surface area contributed by atoms with Gasteiger partial charge in [-0.1, -0.05) is 19.9 Å². The maximum Gasteiger partial charge on any atom is 0.416 e. The summed E-state index contributed by atoms with van der Waals surface area (Å²) in [6, 6.07) is 9.86. The topological polar surface area (TPSA) is 72.9 Å². The molecule has 0 radical (unpaired) electrons. The fourth-order valence-corrected chi connectivity index (χ4v) is 4.65. The SMILES string of the molecule is COc1ccc(C(C)C)cc1-c1ccc(C(F)(F)F)cc1OC(=O)N(C)Cc1cc(C(F)(F)F)cc(S(C)(=O)=O)c1. The molecule has 0 saturated heterocycles. The van der Waals surface area contributed by atoms with Gasteiger partial charge in [-0.05, 0) is 65.6 Å². The predicted molar refractivity (Wildman–Crippen MR) is 140 cm³/mol. The van der Waals surface area contributed by atoms with Crippen molar-refractivity contribution in [2.45, 2.75) is 43.6 Å². The Morgan fingerprint density at radius 1 is 0.854 bits per heavy atom. The van der Waals surface area contributed by atoms with Crippen molar-refractivity contribution >= 4 is 15.9 Å². The van der Waals surface area contributed by atoms with E-state index in [1.54, 1.807) is 18.2 Å².